The second kappa shape index (κ2) is 7.60. The molecule has 0 saturated carbocycles. The fourth-order valence-electron chi connectivity index (χ4n) is 2.63. The number of Topliss-reactive ketones (excluding diaryl/α,β-unsaturated/α-hetero) is 1. The Labute approximate surface area is 147 Å². The summed E-state index contributed by atoms with van der Waals surface area (Å²) in [6, 6.07) is 27.0. The minimum Gasteiger partial charge on any atom is -0.311 e. The number of benzene rings is 3. The van der Waals surface area contributed by atoms with Crippen molar-refractivity contribution in [2.45, 2.75) is 13.0 Å². The number of carbonyl (C=O) groups excluding carboxylic acids is 1. The van der Waals surface area contributed by atoms with E-state index in [1.165, 1.54) is 0 Å². The van der Waals surface area contributed by atoms with E-state index in [1.807, 2.05) is 42.5 Å². The summed E-state index contributed by atoms with van der Waals surface area (Å²) in [7, 11) is -3.38. The molecule has 0 spiro atoms. The molecule has 4 heteroatoms. The number of hydrogen-bond donors (Lipinski definition) is 0. The van der Waals surface area contributed by atoms with Gasteiger partial charge in [0.1, 0.15) is 6.10 Å². The van der Waals surface area contributed by atoms with Crippen LogP contribution in [-0.2, 0) is 9.09 Å². The van der Waals surface area contributed by atoms with Crippen molar-refractivity contribution in [1.82, 2.24) is 0 Å². The summed E-state index contributed by atoms with van der Waals surface area (Å²) >= 11 is 0. The van der Waals surface area contributed by atoms with Gasteiger partial charge in [-0.25, -0.2) is 0 Å². The van der Waals surface area contributed by atoms with Crippen LogP contribution < -0.4 is 10.6 Å². The Bertz CT molecular complexity index is 833. The first kappa shape index (κ1) is 17.3. The van der Waals surface area contributed by atoms with Crippen LogP contribution in [0.25, 0.3) is 0 Å². The molecule has 3 aromatic rings. The Morgan fingerprint density at radius 1 is 0.760 bits per heavy atom. The third kappa shape index (κ3) is 3.79. The maximum Gasteiger partial charge on any atom is 0.261 e. The first-order valence-electron chi connectivity index (χ1n) is 8.10. The molecule has 0 aliphatic carbocycles. The Morgan fingerprint density at radius 3 is 1.60 bits per heavy atom. The molecule has 0 bridgehead atoms. The van der Waals surface area contributed by atoms with E-state index in [1.54, 1.807) is 55.5 Å². The summed E-state index contributed by atoms with van der Waals surface area (Å²) < 4.78 is 19.7. The first-order valence-corrected chi connectivity index (χ1v) is 9.72. The highest BCUT2D eigenvalue weighted by atomic mass is 31.2. The zero-order valence-corrected chi connectivity index (χ0v) is 14.8. The van der Waals surface area contributed by atoms with Gasteiger partial charge in [-0.05, 0) is 31.2 Å². The molecule has 1 atom stereocenters. The van der Waals surface area contributed by atoms with E-state index in [9.17, 15) is 9.36 Å². The number of ketones is 1. The lowest BCUT2D eigenvalue weighted by Gasteiger charge is -2.23. The second-order valence-electron chi connectivity index (χ2n) is 5.70. The molecule has 0 aromatic heterocycles. The van der Waals surface area contributed by atoms with Crippen LogP contribution in [0.2, 0.25) is 0 Å². The van der Waals surface area contributed by atoms with Crippen molar-refractivity contribution in [1.29, 1.82) is 0 Å². The summed E-state index contributed by atoms with van der Waals surface area (Å²) in [6.45, 7) is 1.65. The van der Waals surface area contributed by atoms with Gasteiger partial charge in [-0.15, -0.1) is 0 Å². The minimum absolute atomic E-state index is 0.187. The monoisotopic (exact) mass is 350 g/mol. The van der Waals surface area contributed by atoms with E-state index in [0.717, 1.165) is 0 Å². The molecule has 25 heavy (non-hydrogen) atoms. The van der Waals surface area contributed by atoms with Crippen molar-refractivity contribution >= 4 is 23.8 Å². The Morgan fingerprint density at radius 2 is 1.16 bits per heavy atom. The fraction of sp³-hybridized carbons (Fsp3) is 0.0952. The van der Waals surface area contributed by atoms with Crippen LogP contribution in [0.15, 0.2) is 91.0 Å². The van der Waals surface area contributed by atoms with E-state index in [4.69, 9.17) is 4.52 Å². The van der Waals surface area contributed by atoms with Crippen molar-refractivity contribution in [3.05, 3.63) is 96.6 Å². The van der Waals surface area contributed by atoms with Gasteiger partial charge in [0.15, 0.2) is 5.78 Å². The van der Waals surface area contributed by atoms with E-state index < -0.39 is 13.5 Å². The second-order valence-corrected chi connectivity index (χ2v) is 8.05. The Hall–Kier alpha value is -2.48. The van der Waals surface area contributed by atoms with Crippen LogP contribution in [-0.4, -0.2) is 11.9 Å². The van der Waals surface area contributed by atoms with Crippen molar-refractivity contribution in [2.24, 2.45) is 0 Å². The topological polar surface area (TPSA) is 43.4 Å². The molecule has 3 rings (SSSR count). The van der Waals surface area contributed by atoms with Gasteiger partial charge in [-0.2, -0.15) is 0 Å². The molecule has 3 aromatic carbocycles. The summed E-state index contributed by atoms with van der Waals surface area (Å²) in [5, 5.41) is 1.16. The van der Waals surface area contributed by atoms with Crippen molar-refractivity contribution in [3.63, 3.8) is 0 Å². The molecule has 0 amide bonds. The van der Waals surface area contributed by atoms with Gasteiger partial charge in [0.25, 0.3) is 7.37 Å². The van der Waals surface area contributed by atoms with E-state index in [0.29, 0.717) is 16.2 Å². The lowest BCUT2D eigenvalue weighted by atomic mass is 10.1. The van der Waals surface area contributed by atoms with E-state index in [2.05, 4.69) is 0 Å². The smallest absolute Gasteiger partial charge is 0.261 e. The average Bonchev–Trinajstić information content (AvgIpc) is 2.69. The van der Waals surface area contributed by atoms with Gasteiger partial charge in [0.05, 0.1) is 0 Å². The molecule has 0 fully saturated rings. The molecule has 1 unspecified atom stereocenters. The largest absolute Gasteiger partial charge is 0.311 e. The highest BCUT2D eigenvalue weighted by Crippen LogP contribution is 2.46. The Kier molecular flexibility index (Phi) is 5.28. The van der Waals surface area contributed by atoms with Gasteiger partial charge >= 0.3 is 0 Å². The molecule has 0 saturated heterocycles. The first-order chi connectivity index (χ1) is 12.1. The van der Waals surface area contributed by atoms with Crippen molar-refractivity contribution in [3.8, 4) is 0 Å². The fourth-order valence-corrected chi connectivity index (χ4v) is 4.84. The lowest BCUT2D eigenvalue weighted by molar-refractivity contribution is 0.0827. The quantitative estimate of drug-likeness (QED) is 0.494. The highest BCUT2D eigenvalue weighted by molar-refractivity contribution is 7.74. The van der Waals surface area contributed by atoms with Crippen LogP contribution in [0.1, 0.15) is 17.3 Å². The molecule has 0 radical (unpaired) electrons. The molecular formula is C21H19O3P. The number of hydrogen-bond acceptors (Lipinski definition) is 3. The minimum atomic E-state index is -3.38. The average molecular weight is 350 g/mol. The standard InChI is InChI=1S/C21H19O3P/c1-17(21(22)18-11-5-2-6-12-18)24-25(23,19-13-7-3-8-14-19)20-15-9-4-10-16-20/h2-17H,1H3. The predicted molar refractivity (Wildman–Crippen MR) is 101 cm³/mol. The molecular weight excluding hydrogens is 331 g/mol. The summed E-state index contributed by atoms with van der Waals surface area (Å²) in [4.78, 5) is 12.6. The molecule has 0 aliphatic heterocycles. The van der Waals surface area contributed by atoms with Crippen LogP contribution in [0.3, 0.4) is 0 Å². The Balaban J connectivity index is 1.96. The van der Waals surface area contributed by atoms with Gasteiger partial charge in [-0.1, -0.05) is 66.7 Å². The van der Waals surface area contributed by atoms with Crippen LogP contribution in [0.5, 0.6) is 0 Å². The summed E-state index contributed by atoms with van der Waals surface area (Å²) in [5.74, 6) is -0.187. The van der Waals surface area contributed by atoms with Crippen LogP contribution in [0, 0.1) is 0 Å². The van der Waals surface area contributed by atoms with Gasteiger partial charge in [-0.3, -0.25) is 9.36 Å². The summed E-state index contributed by atoms with van der Waals surface area (Å²) in [6.07, 6.45) is -0.825. The number of carbonyl (C=O) groups is 1. The summed E-state index contributed by atoms with van der Waals surface area (Å²) in [5.41, 5.74) is 0.544. The maximum atomic E-state index is 13.8. The van der Waals surface area contributed by atoms with Crippen LogP contribution in [0.4, 0.5) is 0 Å². The predicted octanol–water partition coefficient (Wildman–Crippen LogP) is 4.20. The van der Waals surface area contributed by atoms with Crippen molar-refractivity contribution < 1.29 is 13.9 Å². The highest BCUT2D eigenvalue weighted by Gasteiger charge is 2.33. The van der Waals surface area contributed by atoms with E-state index in [-0.39, 0.29) is 5.78 Å². The SMILES string of the molecule is CC(OP(=O)(c1ccccc1)c1ccccc1)C(=O)c1ccccc1. The van der Waals surface area contributed by atoms with Crippen LogP contribution >= 0.6 is 7.37 Å². The van der Waals surface area contributed by atoms with Crippen molar-refractivity contribution in [2.75, 3.05) is 0 Å². The molecule has 0 heterocycles. The third-order valence-corrected chi connectivity index (χ3v) is 6.50. The van der Waals surface area contributed by atoms with Gasteiger partial charge < -0.3 is 4.52 Å². The number of rotatable bonds is 6. The van der Waals surface area contributed by atoms with E-state index >= 15 is 0 Å². The third-order valence-electron chi connectivity index (χ3n) is 3.93. The lowest BCUT2D eigenvalue weighted by Crippen LogP contribution is -2.26. The molecule has 0 N–H and O–H groups in total. The zero-order chi connectivity index (χ0) is 17.7. The normalized spacial score (nSPS) is 12.5. The molecule has 3 nitrogen and oxygen atoms in total. The maximum absolute atomic E-state index is 13.8. The van der Waals surface area contributed by atoms with Gasteiger partial charge in [0, 0.05) is 16.2 Å². The van der Waals surface area contributed by atoms with Gasteiger partial charge in [0.2, 0.25) is 0 Å². The zero-order valence-electron chi connectivity index (χ0n) is 13.9. The molecule has 126 valence electrons. The molecule has 0 aliphatic rings.